The van der Waals surface area contributed by atoms with Gasteiger partial charge in [-0.25, -0.2) is 8.78 Å². The lowest BCUT2D eigenvalue weighted by Crippen LogP contribution is -2.08. The van der Waals surface area contributed by atoms with Crippen LogP contribution in [-0.2, 0) is 6.54 Å². The van der Waals surface area contributed by atoms with Crippen LogP contribution < -0.4 is 5.73 Å². The molecule has 1 heterocycles. The van der Waals surface area contributed by atoms with Crippen LogP contribution in [0, 0.1) is 11.6 Å². The summed E-state index contributed by atoms with van der Waals surface area (Å²) in [5.41, 5.74) is 7.83. The first-order valence-corrected chi connectivity index (χ1v) is 6.45. The molecule has 0 bridgehead atoms. The van der Waals surface area contributed by atoms with Crippen molar-refractivity contribution in [2.45, 2.75) is 32.4 Å². The van der Waals surface area contributed by atoms with Crippen molar-refractivity contribution in [2.75, 3.05) is 0 Å². The van der Waals surface area contributed by atoms with Crippen molar-refractivity contribution in [3.63, 3.8) is 0 Å². The molecule has 0 aliphatic heterocycles. The van der Waals surface area contributed by atoms with Gasteiger partial charge < -0.3 is 10.3 Å². The number of benzene rings is 1. The number of nitrogens with two attached hydrogens (primary N) is 1. The summed E-state index contributed by atoms with van der Waals surface area (Å²) < 4.78 is 27.9. The number of aromatic nitrogens is 1. The van der Waals surface area contributed by atoms with Gasteiger partial charge in [-0.2, -0.15) is 0 Å². The zero-order valence-electron chi connectivity index (χ0n) is 10.9. The largest absolute Gasteiger partial charge is 0.350 e. The van der Waals surface area contributed by atoms with Gasteiger partial charge in [-0.15, -0.1) is 0 Å². The molecule has 19 heavy (non-hydrogen) atoms. The molecular formula is C15H18F2N2. The fraction of sp³-hybridized carbons (Fsp3) is 0.333. The van der Waals surface area contributed by atoms with Crippen LogP contribution in [0.25, 0.3) is 0 Å². The van der Waals surface area contributed by atoms with Crippen LogP contribution in [0.1, 0.15) is 36.9 Å². The van der Waals surface area contributed by atoms with Gasteiger partial charge in [0.2, 0.25) is 0 Å². The molecule has 0 aliphatic rings. The zero-order chi connectivity index (χ0) is 13.8. The molecule has 0 amide bonds. The maximum Gasteiger partial charge on any atom is 0.159 e. The lowest BCUT2D eigenvalue weighted by Gasteiger charge is -2.08. The van der Waals surface area contributed by atoms with Crippen LogP contribution in [-0.4, -0.2) is 4.57 Å². The first kappa shape index (κ1) is 13.7. The van der Waals surface area contributed by atoms with Gasteiger partial charge in [0.05, 0.1) is 0 Å². The second-order valence-electron chi connectivity index (χ2n) is 4.76. The van der Waals surface area contributed by atoms with E-state index in [9.17, 15) is 8.78 Å². The second kappa shape index (κ2) is 5.97. The molecule has 1 atom stereocenters. The van der Waals surface area contributed by atoms with Crippen molar-refractivity contribution < 1.29 is 8.78 Å². The van der Waals surface area contributed by atoms with Crippen molar-refractivity contribution in [1.82, 2.24) is 4.57 Å². The first-order valence-electron chi connectivity index (χ1n) is 6.45. The van der Waals surface area contributed by atoms with Gasteiger partial charge in [-0.1, -0.05) is 19.4 Å². The summed E-state index contributed by atoms with van der Waals surface area (Å²) in [7, 11) is 0. The third kappa shape index (κ3) is 3.41. The summed E-state index contributed by atoms with van der Waals surface area (Å²) in [5.74, 6) is -1.63. The Morgan fingerprint density at radius 3 is 2.68 bits per heavy atom. The molecule has 1 aromatic carbocycles. The normalized spacial score (nSPS) is 12.6. The van der Waals surface area contributed by atoms with Gasteiger partial charge >= 0.3 is 0 Å². The van der Waals surface area contributed by atoms with Crippen LogP contribution >= 0.6 is 0 Å². The van der Waals surface area contributed by atoms with Gasteiger partial charge in [-0.3, -0.25) is 0 Å². The topological polar surface area (TPSA) is 30.9 Å². The van der Waals surface area contributed by atoms with Gasteiger partial charge in [-0.05, 0) is 35.7 Å². The Balaban J connectivity index is 2.09. The Labute approximate surface area is 111 Å². The molecule has 2 nitrogen and oxygen atoms in total. The highest BCUT2D eigenvalue weighted by atomic mass is 19.2. The van der Waals surface area contributed by atoms with E-state index in [1.54, 1.807) is 6.07 Å². The SMILES string of the molecule is CCCC(N)c1ccn(Cc2ccc(F)c(F)c2)c1. The van der Waals surface area contributed by atoms with Gasteiger partial charge in [0.25, 0.3) is 0 Å². The zero-order valence-corrected chi connectivity index (χ0v) is 10.9. The van der Waals surface area contributed by atoms with E-state index in [0.29, 0.717) is 6.54 Å². The summed E-state index contributed by atoms with van der Waals surface area (Å²) in [6.45, 7) is 2.61. The minimum atomic E-state index is -0.818. The highest BCUT2D eigenvalue weighted by Gasteiger charge is 2.07. The molecule has 0 fully saturated rings. The van der Waals surface area contributed by atoms with E-state index < -0.39 is 11.6 Å². The van der Waals surface area contributed by atoms with Gasteiger partial charge in [0.1, 0.15) is 0 Å². The van der Waals surface area contributed by atoms with Crippen molar-refractivity contribution in [2.24, 2.45) is 5.73 Å². The Kier molecular flexibility index (Phi) is 4.32. The minimum absolute atomic E-state index is 0.0382. The lowest BCUT2D eigenvalue weighted by molar-refractivity contribution is 0.506. The molecule has 0 saturated carbocycles. The molecule has 2 aromatic rings. The maximum atomic E-state index is 13.1. The Morgan fingerprint density at radius 2 is 2.00 bits per heavy atom. The van der Waals surface area contributed by atoms with Crippen molar-refractivity contribution in [3.05, 3.63) is 59.4 Å². The first-order chi connectivity index (χ1) is 9.10. The number of halogens is 2. The molecule has 2 rings (SSSR count). The molecule has 0 radical (unpaired) electrons. The van der Waals surface area contributed by atoms with Crippen LogP contribution in [0.2, 0.25) is 0 Å². The molecule has 1 unspecified atom stereocenters. The Hall–Kier alpha value is -1.68. The Bertz CT molecular complexity index is 549. The van der Waals surface area contributed by atoms with Crippen molar-refractivity contribution >= 4 is 0 Å². The monoisotopic (exact) mass is 264 g/mol. The molecular weight excluding hydrogens is 246 g/mol. The highest BCUT2D eigenvalue weighted by Crippen LogP contribution is 2.17. The smallest absolute Gasteiger partial charge is 0.159 e. The van der Waals surface area contributed by atoms with Gasteiger partial charge in [0, 0.05) is 25.0 Å². The van der Waals surface area contributed by atoms with E-state index in [2.05, 4.69) is 6.92 Å². The third-order valence-electron chi connectivity index (χ3n) is 3.15. The average Bonchev–Trinajstić information content (AvgIpc) is 2.83. The quantitative estimate of drug-likeness (QED) is 0.878. The van der Waals surface area contributed by atoms with E-state index in [0.717, 1.165) is 30.0 Å². The van der Waals surface area contributed by atoms with E-state index in [1.807, 2.05) is 23.0 Å². The minimum Gasteiger partial charge on any atom is -0.350 e. The van der Waals surface area contributed by atoms with Crippen LogP contribution in [0.5, 0.6) is 0 Å². The number of rotatable bonds is 5. The lowest BCUT2D eigenvalue weighted by atomic mass is 10.1. The summed E-state index contributed by atoms with van der Waals surface area (Å²) in [6.07, 6.45) is 5.85. The molecule has 102 valence electrons. The van der Waals surface area contributed by atoms with Crippen LogP contribution in [0.4, 0.5) is 8.78 Å². The van der Waals surface area contributed by atoms with Crippen LogP contribution in [0.15, 0.2) is 36.7 Å². The summed E-state index contributed by atoms with van der Waals surface area (Å²) in [5, 5.41) is 0. The van der Waals surface area contributed by atoms with E-state index in [-0.39, 0.29) is 6.04 Å². The molecule has 0 aliphatic carbocycles. The highest BCUT2D eigenvalue weighted by molar-refractivity contribution is 5.20. The van der Waals surface area contributed by atoms with Crippen molar-refractivity contribution in [3.8, 4) is 0 Å². The third-order valence-corrected chi connectivity index (χ3v) is 3.15. The molecule has 0 saturated heterocycles. The van der Waals surface area contributed by atoms with E-state index in [1.165, 1.54) is 6.07 Å². The maximum absolute atomic E-state index is 13.1. The van der Waals surface area contributed by atoms with Crippen molar-refractivity contribution in [1.29, 1.82) is 0 Å². The molecule has 1 aromatic heterocycles. The molecule has 2 N–H and O–H groups in total. The Morgan fingerprint density at radius 1 is 1.21 bits per heavy atom. The van der Waals surface area contributed by atoms with Crippen LogP contribution in [0.3, 0.4) is 0 Å². The van der Waals surface area contributed by atoms with E-state index >= 15 is 0 Å². The number of nitrogens with zero attached hydrogens (tertiary/aromatic N) is 1. The number of hydrogen-bond donors (Lipinski definition) is 1. The standard InChI is InChI=1S/C15H18F2N2/c1-2-3-15(18)12-6-7-19(10-12)9-11-4-5-13(16)14(17)8-11/h4-8,10,15H,2-3,9,18H2,1H3. The predicted octanol–water partition coefficient (Wildman–Crippen LogP) is 3.61. The summed E-state index contributed by atoms with van der Waals surface area (Å²) in [4.78, 5) is 0. The fourth-order valence-electron chi connectivity index (χ4n) is 2.10. The van der Waals surface area contributed by atoms with Gasteiger partial charge in [0.15, 0.2) is 11.6 Å². The summed E-state index contributed by atoms with van der Waals surface area (Å²) in [6, 6.07) is 5.97. The number of hydrogen-bond acceptors (Lipinski definition) is 1. The molecule has 4 heteroatoms. The fourth-order valence-corrected chi connectivity index (χ4v) is 2.10. The predicted molar refractivity (Wildman–Crippen MR) is 71.7 cm³/mol. The summed E-state index contributed by atoms with van der Waals surface area (Å²) >= 11 is 0. The average molecular weight is 264 g/mol. The van der Waals surface area contributed by atoms with E-state index in [4.69, 9.17) is 5.73 Å². The molecule has 0 spiro atoms. The second-order valence-corrected chi connectivity index (χ2v) is 4.76.